The Bertz CT molecular complexity index is 984. The standard InChI is InChI=1S/C18H19NO7S/c1-25-12-7-11-5-6-19(10-15(11)17(8-12)26-2)27(23,24)13-3-4-16(20)14(9-13)18(21)22/h3-4,7-9,20H,5-6,10H2,1-2H3,(H,21,22). The van der Waals surface area contributed by atoms with Gasteiger partial charge in [0.1, 0.15) is 22.8 Å². The van der Waals surface area contributed by atoms with Crippen molar-refractivity contribution >= 4 is 16.0 Å². The SMILES string of the molecule is COc1cc2c(c(OC)c1)CN(S(=O)(=O)c1ccc(O)c(C(=O)O)c1)CC2. The number of carbonyl (C=O) groups is 1. The van der Waals surface area contributed by atoms with E-state index in [9.17, 15) is 18.3 Å². The number of phenols is 1. The van der Waals surface area contributed by atoms with E-state index in [-0.39, 0.29) is 18.0 Å². The summed E-state index contributed by atoms with van der Waals surface area (Å²) >= 11 is 0. The topological polar surface area (TPSA) is 113 Å². The first-order chi connectivity index (χ1) is 12.8. The molecule has 1 heterocycles. The monoisotopic (exact) mass is 393 g/mol. The van der Waals surface area contributed by atoms with Gasteiger partial charge in [-0.05, 0) is 36.2 Å². The second-order valence-corrected chi connectivity index (χ2v) is 7.98. The normalized spacial score (nSPS) is 14.4. The van der Waals surface area contributed by atoms with Gasteiger partial charge in [0.15, 0.2) is 0 Å². The number of aromatic hydroxyl groups is 1. The number of hydrogen-bond acceptors (Lipinski definition) is 6. The molecule has 2 aromatic rings. The predicted molar refractivity (Wildman–Crippen MR) is 95.9 cm³/mol. The molecular formula is C18H19NO7S. The third-order valence-corrected chi connectivity index (χ3v) is 6.37. The molecule has 2 aromatic carbocycles. The number of carboxylic acids is 1. The maximum absolute atomic E-state index is 13.0. The first kappa shape index (κ1) is 19.0. The fourth-order valence-corrected chi connectivity index (χ4v) is 4.51. The zero-order chi connectivity index (χ0) is 19.8. The van der Waals surface area contributed by atoms with E-state index >= 15 is 0 Å². The van der Waals surface area contributed by atoms with Crippen LogP contribution in [0.3, 0.4) is 0 Å². The van der Waals surface area contributed by atoms with Crippen LogP contribution in [0.4, 0.5) is 0 Å². The van der Waals surface area contributed by atoms with Crippen LogP contribution in [0, 0.1) is 0 Å². The average molecular weight is 393 g/mol. The fourth-order valence-electron chi connectivity index (χ4n) is 3.08. The molecule has 8 nitrogen and oxygen atoms in total. The first-order valence-corrected chi connectivity index (χ1v) is 9.52. The number of sulfonamides is 1. The Morgan fingerprint density at radius 1 is 1.15 bits per heavy atom. The molecule has 0 bridgehead atoms. The summed E-state index contributed by atoms with van der Waals surface area (Å²) in [5.74, 6) is -0.728. The highest BCUT2D eigenvalue weighted by Gasteiger charge is 2.31. The summed E-state index contributed by atoms with van der Waals surface area (Å²) in [6.07, 6.45) is 0.464. The Hall–Kier alpha value is -2.78. The van der Waals surface area contributed by atoms with Crippen LogP contribution in [0.2, 0.25) is 0 Å². The lowest BCUT2D eigenvalue weighted by atomic mass is 9.99. The molecule has 0 unspecified atom stereocenters. The third kappa shape index (κ3) is 3.43. The van der Waals surface area contributed by atoms with Crippen LogP contribution in [-0.4, -0.2) is 49.7 Å². The molecule has 0 atom stereocenters. The van der Waals surface area contributed by atoms with Gasteiger partial charge in [0.2, 0.25) is 10.0 Å². The molecule has 0 aliphatic carbocycles. The van der Waals surface area contributed by atoms with Crippen LogP contribution < -0.4 is 9.47 Å². The molecule has 3 rings (SSSR count). The van der Waals surface area contributed by atoms with Gasteiger partial charge in [-0.15, -0.1) is 0 Å². The van der Waals surface area contributed by atoms with E-state index in [1.807, 2.05) is 6.07 Å². The zero-order valence-corrected chi connectivity index (χ0v) is 15.6. The smallest absolute Gasteiger partial charge is 0.339 e. The molecule has 1 aliphatic heterocycles. The molecule has 0 radical (unpaired) electrons. The summed E-state index contributed by atoms with van der Waals surface area (Å²) in [5, 5.41) is 18.7. The van der Waals surface area contributed by atoms with Crippen LogP contribution in [0.1, 0.15) is 21.5 Å². The van der Waals surface area contributed by atoms with Crippen LogP contribution in [0.5, 0.6) is 17.2 Å². The quantitative estimate of drug-likeness (QED) is 0.797. The van der Waals surface area contributed by atoms with Crippen molar-refractivity contribution in [3.05, 3.63) is 47.0 Å². The van der Waals surface area contributed by atoms with Crippen molar-refractivity contribution in [1.82, 2.24) is 4.31 Å². The van der Waals surface area contributed by atoms with Crippen molar-refractivity contribution < 1.29 is 32.9 Å². The minimum Gasteiger partial charge on any atom is -0.507 e. The molecule has 0 saturated carbocycles. The van der Waals surface area contributed by atoms with Gasteiger partial charge in [-0.25, -0.2) is 13.2 Å². The summed E-state index contributed by atoms with van der Waals surface area (Å²) in [6.45, 7) is 0.322. The van der Waals surface area contributed by atoms with Crippen molar-refractivity contribution in [3.8, 4) is 17.2 Å². The van der Waals surface area contributed by atoms with E-state index in [0.717, 1.165) is 23.3 Å². The lowest BCUT2D eigenvalue weighted by molar-refractivity contribution is 0.0693. The van der Waals surface area contributed by atoms with Gasteiger partial charge in [0.25, 0.3) is 0 Å². The second kappa shape index (κ2) is 7.09. The molecule has 144 valence electrons. The van der Waals surface area contributed by atoms with Gasteiger partial charge in [0.05, 0.1) is 19.1 Å². The molecule has 0 fully saturated rings. The molecular weight excluding hydrogens is 374 g/mol. The number of hydrogen-bond donors (Lipinski definition) is 2. The molecule has 0 aromatic heterocycles. The Kier molecular flexibility index (Phi) is 4.99. The van der Waals surface area contributed by atoms with Crippen molar-refractivity contribution in [3.63, 3.8) is 0 Å². The first-order valence-electron chi connectivity index (χ1n) is 8.08. The lowest BCUT2D eigenvalue weighted by Crippen LogP contribution is -2.36. The van der Waals surface area contributed by atoms with Gasteiger partial charge < -0.3 is 19.7 Å². The highest BCUT2D eigenvalue weighted by molar-refractivity contribution is 7.89. The van der Waals surface area contributed by atoms with E-state index in [1.54, 1.807) is 13.2 Å². The molecule has 2 N–H and O–H groups in total. The van der Waals surface area contributed by atoms with E-state index in [2.05, 4.69) is 0 Å². The number of rotatable bonds is 5. The van der Waals surface area contributed by atoms with Crippen molar-refractivity contribution in [2.75, 3.05) is 20.8 Å². The maximum atomic E-state index is 13.0. The van der Waals surface area contributed by atoms with E-state index in [0.29, 0.717) is 17.9 Å². The fraction of sp³-hybridized carbons (Fsp3) is 0.278. The lowest BCUT2D eigenvalue weighted by Gasteiger charge is -2.29. The highest BCUT2D eigenvalue weighted by atomic mass is 32.2. The van der Waals surface area contributed by atoms with E-state index < -0.39 is 27.3 Å². The number of nitrogens with zero attached hydrogens (tertiary/aromatic N) is 1. The minimum atomic E-state index is -3.95. The summed E-state index contributed by atoms with van der Waals surface area (Å²) in [4.78, 5) is 11.0. The number of ether oxygens (including phenoxy) is 2. The molecule has 0 saturated heterocycles. The van der Waals surface area contributed by atoms with Gasteiger partial charge in [0, 0.05) is 24.7 Å². The predicted octanol–water partition coefficient (Wildman–Crippen LogP) is 1.85. The summed E-state index contributed by atoms with van der Waals surface area (Å²) in [6, 6.07) is 6.77. The van der Waals surface area contributed by atoms with Crippen molar-refractivity contribution in [2.24, 2.45) is 0 Å². The average Bonchev–Trinajstić information content (AvgIpc) is 2.66. The van der Waals surface area contributed by atoms with Gasteiger partial charge in [-0.2, -0.15) is 4.31 Å². The van der Waals surface area contributed by atoms with Gasteiger partial charge >= 0.3 is 5.97 Å². The van der Waals surface area contributed by atoms with Gasteiger partial charge in [-0.3, -0.25) is 0 Å². The van der Waals surface area contributed by atoms with Gasteiger partial charge in [-0.1, -0.05) is 0 Å². The van der Waals surface area contributed by atoms with Crippen molar-refractivity contribution in [2.45, 2.75) is 17.9 Å². The summed E-state index contributed by atoms with van der Waals surface area (Å²) in [5.41, 5.74) is 1.22. The molecule has 1 aliphatic rings. The van der Waals surface area contributed by atoms with Crippen LogP contribution in [-0.2, 0) is 23.0 Å². The van der Waals surface area contributed by atoms with Crippen LogP contribution >= 0.6 is 0 Å². The largest absolute Gasteiger partial charge is 0.507 e. The van der Waals surface area contributed by atoms with Crippen LogP contribution in [0.25, 0.3) is 0 Å². The number of benzene rings is 2. The van der Waals surface area contributed by atoms with E-state index in [1.165, 1.54) is 17.5 Å². The summed E-state index contributed by atoms with van der Waals surface area (Å²) < 4.78 is 37.9. The molecule has 0 spiro atoms. The third-order valence-electron chi connectivity index (χ3n) is 4.53. The Labute approximate surface area is 156 Å². The zero-order valence-electron chi connectivity index (χ0n) is 14.8. The second-order valence-electron chi connectivity index (χ2n) is 6.04. The number of aromatic carboxylic acids is 1. The molecule has 0 amide bonds. The number of methoxy groups -OCH3 is 2. The van der Waals surface area contributed by atoms with Crippen molar-refractivity contribution in [1.29, 1.82) is 0 Å². The number of carboxylic acid groups (broad SMARTS) is 1. The Balaban J connectivity index is 1.99. The molecule has 27 heavy (non-hydrogen) atoms. The minimum absolute atomic E-state index is 0.0914. The highest BCUT2D eigenvalue weighted by Crippen LogP contribution is 2.35. The number of fused-ring (bicyclic) bond motifs is 1. The Morgan fingerprint density at radius 2 is 1.89 bits per heavy atom. The molecule has 9 heteroatoms. The maximum Gasteiger partial charge on any atom is 0.339 e. The van der Waals surface area contributed by atoms with Crippen LogP contribution in [0.15, 0.2) is 35.2 Å². The Morgan fingerprint density at radius 3 is 2.52 bits per heavy atom. The summed E-state index contributed by atoms with van der Waals surface area (Å²) in [7, 11) is -0.897. The van der Waals surface area contributed by atoms with E-state index in [4.69, 9.17) is 14.6 Å².